The van der Waals surface area contributed by atoms with Gasteiger partial charge in [0.25, 0.3) is 11.5 Å². The molecule has 1 heterocycles. The lowest BCUT2D eigenvalue weighted by atomic mass is 10.2. The Hall–Kier alpha value is -3.81. The van der Waals surface area contributed by atoms with Crippen molar-refractivity contribution < 1.29 is 19.1 Å². The summed E-state index contributed by atoms with van der Waals surface area (Å²) >= 11 is 0. The number of carbonyl (C=O) groups excluding carboxylic acids is 2. The third kappa shape index (κ3) is 5.52. The lowest BCUT2D eigenvalue weighted by molar-refractivity contribution is -0.123. The van der Waals surface area contributed by atoms with Gasteiger partial charge in [0, 0.05) is 7.05 Å². The van der Waals surface area contributed by atoms with Gasteiger partial charge in [-0.3, -0.25) is 14.3 Å². The molecule has 8 heteroatoms. The van der Waals surface area contributed by atoms with Crippen molar-refractivity contribution in [2.24, 2.45) is 13.0 Å². The van der Waals surface area contributed by atoms with E-state index in [4.69, 9.17) is 9.47 Å². The van der Waals surface area contributed by atoms with Gasteiger partial charge in [-0.2, -0.15) is 0 Å². The highest BCUT2D eigenvalue weighted by Gasteiger charge is 2.23. The van der Waals surface area contributed by atoms with Crippen LogP contribution in [0.4, 0.5) is 5.69 Å². The van der Waals surface area contributed by atoms with Crippen molar-refractivity contribution in [1.29, 1.82) is 0 Å². The average molecular weight is 452 g/mol. The second-order valence-corrected chi connectivity index (χ2v) is 8.20. The van der Waals surface area contributed by atoms with E-state index in [1.54, 1.807) is 55.1 Å². The number of hydrogen-bond acceptors (Lipinski definition) is 5. The highest BCUT2D eigenvalue weighted by molar-refractivity contribution is 5.97. The Bertz CT molecular complexity index is 1180. The second-order valence-electron chi connectivity index (χ2n) is 8.20. The zero-order chi connectivity index (χ0) is 24.1. The second kappa shape index (κ2) is 10.2. The first kappa shape index (κ1) is 23.8. The number of amides is 1. The number of hydrogen-bond donors (Lipinski definition) is 1. The third-order valence-corrected chi connectivity index (χ3v) is 5.13. The number of aromatic nitrogens is 2. The molecule has 3 rings (SSSR count). The smallest absolute Gasteiger partial charge is 0.338 e. The minimum absolute atomic E-state index is 0.140. The van der Waals surface area contributed by atoms with Gasteiger partial charge in [0.2, 0.25) is 0 Å². The number of esters is 1. The van der Waals surface area contributed by atoms with Gasteiger partial charge in [0.1, 0.15) is 11.4 Å². The SMILES string of the molecule is Cc1c(NC(=O)C(C)OC(=O)c2ccc(OCC(C)C)cc2)c(=O)n(-c2ccccc2)n1C. The summed E-state index contributed by atoms with van der Waals surface area (Å²) < 4.78 is 14.0. The van der Waals surface area contributed by atoms with Gasteiger partial charge >= 0.3 is 5.97 Å². The van der Waals surface area contributed by atoms with Crippen LogP contribution in [0.25, 0.3) is 5.69 Å². The fourth-order valence-electron chi connectivity index (χ4n) is 3.17. The molecule has 0 fully saturated rings. The number of benzene rings is 2. The molecule has 0 radical (unpaired) electrons. The molecule has 2 aromatic carbocycles. The van der Waals surface area contributed by atoms with Crippen LogP contribution in [0.5, 0.6) is 5.75 Å². The maximum atomic E-state index is 12.9. The van der Waals surface area contributed by atoms with Crippen LogP contribution in [0, 0.1) is 12.8 Å². The molecule has 0 aliphatic rings. The first-order valence-electron chi connectivity index (χ1n) is 10.8. The number of ether oxygens (including phenoxy) is 2. The summed E-state index contributed by atoms with van der Waals surface area (Å²) in [6.07, 6.45) is -1.10. The first-order chi connectivity index (χ1) is 15.7. The van der Waals surface area contributed by atoms with E-state index in [1.807, 2.05) is 32.0 Å². The van der Waals surface area contributed by atoms with Crippen molar-refractivity contribution in [3.8, 4) is 11.4 Å². The Morgan fingerprint density at radius 2 is 1.64 bits per heavy atom. The molecule has 0 bridgehead atoms. The average Bonchev–Trinajstić information content (AvgIpc) is 3.01. The Morgan fingerprint density at radius 3 is 2.24 bits per heavy atom. The summed E-state index contributed by atoms with van der Waals surface area (Å²) in [5.41, 5.74) is 1.32. The Labute approximate surface area is 192 Å². The summed E-state index contributed by atoms with van der Waals surface area (Å²) in [6.45, 7) is 7.86. The van der Waals surface area contributed by atoms with Crippen molar-refractivity contribution in [2.45, 2.75) is 33.8 Å². The number of nitrogens with one attached hydrogen (secondary N) is 1. The minimum Gasteiger partial charge on any atom is -0.493 e. The van der Waals surface area contributed by atoms with Gasteiger partial charge in [-0.15, -0.1) is 0 Å². The molecule has 1 amide bonds. The topological polar surface area (TPSA) is 91.6 Å². The van der Waals surface area contributed by atoms with Gasteiger partial charge in [0.15, 0.2) is 6.10 Å². The van der Waals surface area contributed by atoms with Gasteiger partial charge < -0.3 is 14.8 Å². The van der Waals surface area contributed by atoms with Crippen LogP contribution in [0.3, 0.4) is 0 Å². The largest absolute Gasteiger partial charge is 0.493 e. The molecule has 0 saturated heterocycles. The molecule has 0 aliphatic carbocycles. The standard InChI is InChI=1S/C25H29N3O5/c1-16(2)15-32-21-13-11-19(12-14-21)25(31)33-18(4)23(29)26-22-17(3)27(5)28(24(22)30)20-9-7-6-8-10-20/h6-14,16,18H,15H2,1-5H3,(H,26,29). The number of carbonyl (C=O) groups is 2. The molecule has 0 aliphatic heterocycles. The molecule has 8 nitrogen and oxygen atoms in total. The van der Waals surface area contributed by atoms with Crippen LogP contribution in [0.2, 0.25) is 0 Å². The van der Waals surface area contributed by atoms with Gasteiger partial charge in [-0.1, -0.05) is 32.0 Å². The van der Waals surface area contributed by atoms with Crippen LogP contribution < -0.4 is 15.6 Å². The Kier molecular flexibility index (Phi) is 7.37. The van der Waals surface area contributed by atoms with Crippen LogP contribution in [-0.4, -0.2) is 34.0 Å². The van der Waals surface area contributed by atoms with Crippen LogP contribution in [0.1, 0.15) is 36.8 Å². The van der Waals surface area contributed by atoms with E-state index in [9.17, 15) is 14.4 Å². The molecule has 33 heavy (non-hydrogen) atoms. The molecule has 1 N–H and O–H groups in total. The van der Waals surface area contributed by atoms with Crippen molar-refractivity contribution in [1.82, 2.24) is 9.36 Å². The molecule has 0 saturated carbocycles. The predicted molar refractivity (Wildman–Crippen MR) is 126 cm³/mol. The lowest BCUT2D eigenvalue weighted by Gasteiger charge is -2.13. The zero-order valence-electron chi connectivity index (χ0n) is 19.5. The summed E-state index contributed by atoms with van der Waals surface area (Å²) in [4.78, 5) is 38.1. The highest BCUT2D eigenvalue weighted by Crippen LogP contribution is 2.16. The third-order valence-electron chi connectivity index (χ3n) is 5.13. The van der Waals surface area contributed by atoms with Crippen molar-refractivity contribution in [3.05, 3.63) is 76.2 Å². The Morgan fingerprint density at radius 1 is 1.00 bits per heavy atom. The van der Waals surface area contributed by atoms with Gasteiger partial charge in [0.05, 0.1) is 23.6 Å². The number of para-hydroxylation sites is 1. The molecule has 1 unspecified atom stereocenters. The molecular weight excluding hydrogens is 422 g/mol. The van der Waals surface area contributed by atoms with E-state index in [0.717, 1.165) is 0 Å². The summed E-state index contributed by atoms with van der Waals surface area (Å²) in [6, 6.07) is 15.7. The quantitative estimate of drug-likeness (QED) is 0.527. The molecule has 174 valence electrons. The van der Waals surface area contributed by atoms with Crippen molar-refractivity contribution in [2.75, 3.05) is 11.9 Å². The number of anilines is 1. The molecule has 3 aromatic rings. The lowest BCUT2D eigenvalue weighted by Crippen LogP contribution is -2.32. The number of rotatable bonds is 8. The van der Waals surface area contributed by atoms with E-state index < -0.39 is 18.0 Å². The van der Waals surface area contributed by atoms with Crippen molar-refractivity contribution in [3.63, 3.8) is 0 Å². The first-order valence-corrected chi connectivity index (χ1v) is 10.8. The monoisotopic (exact) mass is 451 g/mol. The van der Waals surface area contributed by atoms with E-state index >= 15 is 0 Å². The van der Waals surface area contributed by atoms with Crippen LogP contribution in [0.15, 0.2) is 59.4 Å². The van der Waals surface area contributed by atoms with E-state index in [2.05, 4.69) is 5.32 Å². The van der Waals surface area contributed by atoms with Crippen LogP contribution in [-0.2, 0) is 16.6 Å². The predicted octanol–water partition coefficient (Wildman–Crippen LogP) is 3.70. The normalized spacial score (nSPS) is 11.8. The summed E-state index contributed by atoms with van der Waals surface area (Å²) in [5, 5.41) is 2.61. The van der Waals surface area contributed by atoms with Crippen LogP contribution >= 0.6 is 0 Å². The molecule has 1 aromatic heterocycles. The van der Waals surface area contributed by atoms with Crippen molar-refractivity contribution >= 4 is 17.6 Å². The Balaban J connectivity index is 1.68. The highest BCUT2D eigenvalue weighted by atomic mass is 16.5. The molecular formula is C25H29N3O5. The van der Waals surface area contributed by atoms with Gasteiger partial charge in [-0.25, -0.2) is 9.48 Å². The minimum atomic E-state index is -1.10. The van der Waals surface area contributed by atoms with E-state index in [-0.39, 0.29) is 11.2 Å². The molecule has 1 atom stereocenters. The molecule has 0 spiro atoms. The van der Waals surface area contributed by atoms with E-state index in [0.29, 0.717) is 35.2 Å². The van der Waals surface area contributed by atoms with E-state index in [1.165, 1.54) is 11.6 Å². The maximum absolute atomic E-state index is 12.9. The summed E-state index contributed by atoms with van der Waals surface area (Å²) in [7, 11) is 1.73. The zero-order valence-corrected chi connectivity index (χ0v) is 19.5. The fourth-order valence-corrected chi connectivity index (χ4v) is 3.17. The summed E-state index contributed by atoms with van der Waals surface area (Å²) in [5.74, 6) is -0.190. The maximum Gasteiger partial charge on any atom is 0.338 e. The number of nitrogens with zero attached hydrogens (tertiary/aromatic N) is 2. The van der Waals surface area contributed by atoms with Gasteiger partial charge in [-0.05, 0) is 56.2 Å². The fraction of sp³-hybridized carbons (Fsp3) is 0.320.